The van der Waals surface area contributed by atoms with Crippen molar-refractivity contribution in [2.75, 3.05) is 6.26 Å². The highest BCUT2D eigenvalue weighted by Gasteiger charge is 2.19. The van der Waals surface area contributed by atoms with Crippen LogP contribution in [-0.4, -0.2) is 39.4 Å². The van der Waals surface area contributed by atoms with E-state index in [2.05, 4.69) is 20.2 Å². The fraction of sp³-hybridized carbons (Fsp3) is 0.143. The summed E-state index contributed by atoms with van der Waals surface area (Å²) in [7, 11) is -3.43. The van der Waals surface area contributed by atoms with Crippen molar-refractivity contribution in [2.45, 2.75) is 12.0 Å². The molecule has 0 saturated carbocycles. The Morgan fingerprint density at radius 3 is 2.79 bits per heavy atom. The zero-order valence-corrected chi connectivity index (χ0v) is 13.5. The van der Waals surface area contributed by atoms with Gasteiger partial charge in [-0.15, -0.1) is 0 Å². The molecule has 0 amide bonds. The van der Waals surface area contributed by atoms with Gasteiger partial charge in [0.1, 0.15) is 0 Å². The van der Waals surface area contributed by atoms with Crippen LogP contribution in [-0.2, 0) is 9.84 Å². The van der Waals surface area contributed by atoms with Crippen LogP contribution >= 0.6 is 0 Å². The molecule has 0 atom stereocenters. The maximum atomic E-state index is 11.5. The summed E-state index contributed by atoms with van der Waals surface area (Å²) in [5, 5.41) is 7.86. The van der Waals surface area contributed by atoms with Gasteiger partial charge in [-0.25, -0.2) is 17.9 Å². The number of rotatable bonds is 3. The monoisotopic (exact) mass is 345 g/mol. The van der Waals surface area contributed by atoms with E-state index in [9.17, 15) is 8.42 Å². The second-order valence-corrected chi connectivity index (χ2v) is 7.12. The first kappa shape index (κ1) is 14.6. The van der Waals surface area contributed by atoms with E-state index < -0.39 is 9.84 Å². The smallest absolute Gasteiger partial charge is 0.261 e. The highest BCUT2D eigenvalue weighted by atomic mass is 32.2. The minimum absolute atomic E-state index is 0.153. The van der Waals surface area contributed by atoms with Crippen molar-refractivity contribution in [1.29, 1.82) is 0 Å². The molecule has 0 saturated heterocycles. The molecular formula is C14H11N5O4S. The summed E-state index contributed by atoms with van der Waals surface area (Å²) < 4.78 is 35.1. The van der Waals surface area contributed by atoms with E-state index in [1.165, 1.54) is 12.1 Å². The average Bonchev–Trinajstić information content (AvgIpc) is 3.26. The van der Waals surface area contributed by atoms with Crippen LogP contribution in [0, 0.1) is 6.92 Å². The van der Waals surface area contributed by atoms with Crippen molar-refractivity contribution < 1.29 is 17.4 Å². The largest absolute Gasteiger partial charge is 0.441 e. The third-order valence-corrected chi connectivity index (χ3v) is 4.43. The number of furan rings is 1. The molecular weight excluding hydrogens is 334 g/mol. The van der Waals surface area contributed by atoms with E-state index in [0.29, 0.717) is 11.2 Å². The molecule has 0 bridgehead atoms. The summed E-state index contributed by atoms with van der Waals surface area (Å²) in [5.74, 6) is 0.598. The van der Waals surface area contributed by atoms with Crippen LogP contribution in [0.5, 0.6) is 0 Å². The predicted molar refractivity (Wildman–Crippen MR) is 81.8 cm³/mol. The Morgan fingerprint density at radius 1 is 1.21 bits per heavy atom. The van der Waals surface area contributed by atoms with E-state index in [4.69, 9.17) is 8.94 Å². The Hall–Kier alpha value is -3.01. The molecule has 0 spiro atoms. The van der Waals surface area contributed by atoms with Gasteiger partial charge >= 0.3 is 0 Å². The van der Waals surface area contributed by atoms with Crippen molar-refractivity contribution in [2.24, 2.45) is 0 Å². The number of aryl methyl sites for hydroxylation is 1. The van der Waals surface area contributed by atoms with E-state index in [1.54, 1.807) is 23.0 Å². The maximum Gasteiger partial charge on any atom is 0.261 e. The van der Waals surface area contributed by atoms with Crippen LogP contribution in [0.3, 0.4) is 0 Å². The number of aromatic nitrogens is 5. The Bertz CT molecular complexity index is 1150. The average molecular weight is 345 g/mol. The van der Waals surface area contributed by atoms with Crippen molar-refractivity contribution in [3.05, 3.63) is 36.3 Å². The van der Waals surface area contributed by atoms with Crippen LogP contribution in [0.25, 0.3) is 28.7 Å². The van der Waals surface area contributed by atoms with Gasteiger partial charge in [0, 0.05) is 18.5 Å². The first-order valence-corrected chi connectivity index (χ1v) is 8.76. The van der Waals surface area contributed by atoms with E-state index >= 15 is 0 Å². The van der Waals surface area contributed by atoms with Crippen LogP contribution in [0.1, 0.15) is 5.69 Å². The standard InChI is InChI=1S/C14H11N5O4S/c1-8-9(7-15-11-5-6-16-19(8)11)14-17-13(18-23-14)10-3-4-12(22-10)24(2,20)21/h3-7H,1-2H3. The fourth-order valence-corrected chi connectivity index (χ4v) is 2.83. The van der Waals surface area contributed by atoms with Crippen LogP contribution in [0.15, 0.2) is 44.6 Å². The number of hydrogen-bond donors (Lipinski definition) is 0. The minimum Gasteiger partial charge on any atom is -0.441 e. The van der Waals surface area contributed by atoms with Gasteiger partial charge in [-0.05, 0) is 19.1 Å². The lowest BCUT2D eigenvalue weighted by Gasteiger charge is -2.02. The van der Waals surface area contributed by atoms with Crippen molar-refractivity contribution in [3.8, 4) is 23.0 Å². The quantitative estimate of drug-likeness (QED) is 0.551. The molecule has 0 aromatic carbocycles. The number of fused-ring (bicyclic) bond motifs is 1. The van der Waals surface area contributed by atoms with Crippen molar-refractivity contribution >= 4 is 15.5 Å². The van der Waals surface area contributed by atoms with Gasteiger partial charge in [-0.1, -0.05) is 5.16 Å². The summed E-state index contributed by atoms with van der Waals surface area (Å²) in [4.78, 5) is 8.52. The molecule has 0 aliphatic heterocycles. The van der Waals surface area contributed by atoms with Gasteiger partial charge in [-0.2, -0.15) is 10.1 Å². The molecule has 4 aromatic heterocycles. The zero-order chi connectivity index (χ0) is 16.9. The normalized spacial score (nSPS) is 12.1. The second-order valence-electron chi connectivity index (χ2n) is 5.17. The predicted octanol–water partition coefficient (Wildman–Crippen LogP) is 1.75. The number of hydrogen-bond acceptors (Lipinski definition) is 8. The summed E-state index contributed by atoms with van der Waals surface area (Å²) in [5.41, 5.74) is 2.12. The van der Waals surface area contributed by atoms with E-state index in [-0.39, 0.29) is 22.6 Å². The van der Waals surface area contributed by atoms with Crippen molar-refractivity contribution in [1.82, 2.24) is 24.7 Å². The lowest BCUT2D eigenvalue weighted by molar-refractivity contribution is 0.423. The molecule has 4 heterocycles. The Labute approximate surface area is 135 Å². The van der Waals surface area contributed by atoms with E-state index in [0.717, 1.165) is 11.9 Å². The molecule has 0 fully saturated rings. The molecule has 122 valence electrons. The second kappa shape index (κ2) is 4.99. The Kier molecular flexibility index (Phi) is 3.03. The molecule has 9 nitrogen and oxygen atoms in total. The van der Waals surface area contributed by atoms with Gasteiger partial charge in [0.05, 0.1) is 17.5 Å². The minimum atomic E-state index is -3.43. The third kappa shape index (κ3) is 2.27. The van der Waals surface area contributed by atoms with Gasteiger partial charge in [0.25, 0.3) is 5.89 Å². The first-order valence-electron chi connectivity index (χ1n) is 6.87. The van der Waals surface area contributed by atoms with Crippen LogP contribution in [0.4, 0.5) is 0 Å². The van der Waals surface area contributed by atoms with E-state index in [1.807, 2.05) is 6.92 Å². The lowest BCUT2D eigenvalue weighted by atomic mass is 10.2. The summed E-state index contributed by atoms with van der Waals surface area (Å²) in [6.45, 7) is 1.86. The number of sulfone groups is 1. The summed E-state index contributed by atoms with van der Waals surface area (Å²) in [6.07, 6.45) is 4.33. The molecule has 24 heavy (non-hydrogen) atoms. The Balaban J connectivity index is 1.76. The van der Waals surface area contributed by atoms with Gasteiger partial charge in [0.15, 0.2) is 11.4 Å². The highest BCUT2D eigenvalue weighted by molar-refractivity contribution is 7.90. The summed E-state index contributed by atoms with van der Waals surface area (Å²) in [6, 6.07) is 4.61. The molecule has 4 rings (SSSR count). The topological polar surface area (TPSA) is 116 Å². The zero-order valence-electron chi connectivity index (χ0n) is 12.7. The van der Waals surface area contributed by atoms with Crippen molar-refractivity contribution in [3.63, 3.8) is 0 Å². The lowest BCUT2D eigenvalue weighted by Crippen LogP contribution is -1.98. The fourth-order valence-electron chi connectivity index (χ4n) is 2.27. The highest BCUT2D eigenvalue weighted by Crippen LogP contribution is 2.26. The van der Waals surface area contributed by atoms with Crippen LogP contribution in [0.2, 0.25) is 0 Å². The first-order chi connectivity index (χ1) is 11.4. The van der Waals surface area contributed by atoms with Gasteiger partial charge in [-0.3, -0.25) is 0 Å². The molecule has 10 heteroatoms. The summed E-state index contributed by atoms with van der Waals surface area (Å²) >= 11 is 0. The molecule has 0 unspecified atom stereocenters. The van der Waals surface area contributed by atoms with Crippen LogP contribution < -0.4 is 0 Å². The SMILES string of the molecule is Cc1c(-c2nc(-c3ccc(S(C)(=O)=O)o3)no2)cnc2ccnn12. The molecule has 0 N–H and O–H groups in total. The maximum absolute atomic E-state index is 11.5. The van der Waals surface area contributed by atoms with Gasteiger partial charge in [0.2, 0.25) is 20.8 Å². The Morgan fingerprint density at radius 2 is 2.04 bits per heavy atom. The molecule has 0 radical (unpaired) electrons. The third-order valence-electron chi connectivity index (χ3n) is 3.48. The molecule has 0 aliphatic rings. The number of nitrogens with zero attached hydrogens (tertiary/aromatic N) is 5. The molecule has 4 aromatic rings. The molecule has 0 aliphatic carbocycles. The van der Waals surface area contributed by atoms with Gasteiger partial charge < -0.3 is 8.94 Å².